The Bertz CT molecular complexity index is 176. The van der Waals surface area contributed by atoms with Crippen molar-refractivity contribution in [2.24, 2.45) is 0 Å². The number of methoxy groups -OCH3 is 1. The van der Waals surface area contributed by atoms with Crippen LogP contribution in [-0.2, 0) is 14.3 Å². The van der Waals surface area contributed by atoms with Gasteiger partial charge in [-0.3, -0.25) is 4.79 Å². The number of carbonyl (C=O) groups is 2. The van der Waals surface area contributed by atoms with E-state index in [-0.39, 0.29) is 5.91 Å². The minimum absolute atomic E-state index is 0.226. The lowest BCUT2D eigenvalue weighted by Gasteiger charge is -2.12. The fourth-order valence-corrected chi connectivity index (χ4v) is 2.04. The third-order valence-electron chi connectivity index (χ3n) is 1.09. The van der Waals surface area contributed by atoms with Gasteiger partial charge in [0.2, 0.25) is 5.91 Å². The highest BCUT2D eigenvalue weighted by atomic mass is 127. The maximum Gasteiger partial charge on any atom is 0.329 e. The maximum atomic E-state index is 11.0. The fraction of sp³-hybridized carbons (Fsp3) is 0.667. The van der Waals surface area contributed by atoms with Gasteiger partial charge >= 0.3 is 5.97 Å². The Balaban J connectivity index is 4.02. The molecule has 0 spiro atoms. The predicted octanol–water partition coefficient (Wildman–Crippen LogP) is 0.747. The number of rotatable bonds is 4. The van der Waals surface area contributed by atoms with Crippen LogP contribution >= 0.6 is 30.1 Å². The van der Waals surface area contributed by atoms with Gasteiger partial charge in [0.25, 0.3) is 0 Å². The predicted molar refractivity (Wildman–Crippen MR) is 56.1 cm³/mol. The Kier molecular flexibility index (Phi) is 6.54. The summed E-state index contributed by atoms with van der Waals surface area (Å²) in [6, 6.07) is -0.533. The van der Waals surface area contributed by atoms with E-state index in [1.165, 1.54) is 23.0 Å². The molecule has 0 aromatic carbocycles. The molecule has 4 nitrogen and oxygen atoms in total. The lowest BCUT2D eigenvalue weighted by atomic mass is 10.3. The van der Waals surface area contributed by atoms with Crippen molar-refractivity contribution in [1.82, 2.24) is 5.32 Å². The molecule has 6 heteroatoms. The number of esters is 1. The van der Waals surface area contributed by atoms with Crippen LogP contribution < -0.4 is 5.32 Å². The first-order valence-corrected chi connectivity index (χ1v) is 6.73. The SMILES string of the molecule is COC(=O)[C@H](CSI)NC(C)=O. The molecule has 0 fully saturated rings. The van der Waals surface area contributed by atoms with Crippen LogP contribution in [0.3, 0.4) is 0 Å². The van der Waals surface area contributed by atoms with Gasteiger partial charge < -0.3 is 10.1 Å². The van der Waals surface area contributed by atoms with Crippen molar-refractivity contribution in [3.05, 3.63) is 0 Å². The van der Waals surface area contributed by atoms with Crippen molar-refractivity contribution in [2.45, 2.75) is 13.0 Å². The second kappa shape index (κ2) is 6.53. The van der Waals surface area contributed by atoms with E-state index >= 15 is 0 Å². The number of halogens is 1. The maximum absolute atomic E-state index is 11.0. The first kappa shape index (κ1) is 12.0. The smallest absolute Gasteiger partial charge is 0.329 e. The van der Waals surface area contributed by atoms with Crippen molar-refractivity contribution in [3.8, 4) is 0 Å². The van der Waals surface area contributed by atoms with Crippen LogP contribution in [0.1, 0.15) is 6.92 Å². The van der Waals surface area contributed by atoms with E-state index in [4.69, 9.17) is 0 Å². The molecule has 0 aliphatic heterocycles. The molecule has 12 heavy (non-hydrogen) atoms. The molecule has 0 saturated heterocycles. The highest BCUT2D eigenvalue weighted by Gasteiger charge is 2.19. The Morgan fingerprint density at radius 3 is 2.58 bits per heavy atom. The molecule has 1 N–H and O–H groups in total. The zero-order valence-corrected chi connectivity index (χ0v) is 9.77. The zero-order valence-electron chi connectivity index (χ0n) is 6.80. The van der Waals surface area contributed by atoms with Crippen molar-refractivity contribution in [2.75, 3.05) is 12.9 Å². The van der Waals surface area contributed by atoms with Crippen molar-refractivity contribution < 1.29 is 14.3 Å². The molecular formula is C6H10INO3S. The van der Waals surface area contributed by atoms with Gasteiger partial charge in [-0.15, -0.1) is 0 Å². The monoisotopic (exact) mass is 303 g/mol. The number of hydrogen-bond donors (Lipinski definition) is 1. The molecule has 0 bridgehead atoms. The normalized spacial score (nSPS) is 11.9. The van der Waals surface area contributed by atoms with Gasteiger partial charge in [-0.1, -0.05) is 8.93 Å². The molecule has 1 atom stereocenters. The Morgan fingerprint density at radius 2 is 2.25 bits per heavy atom. The summed E-state index contributed by atoms with van der Waals surface area (Å²) in [5.41, 5.74) is 0. The molecule has 1 amide bonds. The van der Waals surface area contributed by atoms with Gasteiger partial charge in [0.1, 0.15) is 6.04 Å². The van der Waals surface area contributed by atoms with Gasteiger partial charge in [0.15, 0.2) is 0 Å². The summed E-state index contributed by atoms with van der Waals surface area (Å²) in [6.07, 6.45) is 0. The summed E-state index contributed by atoms with van der Waals surface area (Å²) in [4.78, 5) is 21.6. The van der Waals surface area contributed by atoms with Crippen LogP contribution in [0.2, 0.25) is 0 Å². The van der Waals surface area contributed by atoms with E-state index in [2.05, 4.69) is 31.3 Å². The van der Waals surface area contributed by atoms with Crippen LogP contribution in [0, 0.1) is 0 Å². The Morgan fingerprint density at radius 1 is 1.67 bits per heavy atom. The van der Waals surface area contributed by atoms with E-state index in [1.807, 2.05) is 0 Å². The number of ether oxygens (including phenoxy) is 1. The molecule has 0 rings (SSSR count). The summed E-state index contributed by atoms with van der Waals surface area (Å²) >= 11 is 2.06. The van der Waals surface area contributed by atoms with Crippen molar-refractivity contribution in [3.63, 3.8) is 0 Å². The van der Waals surface area contributed by atoms with Crippen LogP contribution in [0.15, 0.2) is 0 Å². The number of amides is 1. The third-order valence-corrected chi connectivity index (χ3v) is 2.63. The minimum Gasteiger partial charge on any atom is -0.467 e. The van der Waals surface area contributed by atoms with Crippen LogP contribution in [0.5, 0.6) is 0 Å². The second-order valence-electron chi connectivity index (χ2n) is 2.05. The minimum atomic E-state index is -0.533. The first-order chi connectivity index (χ1) is 5.61. The Labute approximate surface area is 87.4 Å². The summed E-state index contributed by atoms with van der Waals surface area (Å²) in [7, 11) is 2.75. The highest BCUT2D eigenvalue weighted by Crippen LogP contribution is 2.12. The molecular weight excluding hydrogens is 293 g/mol. The van der Waals surface area contributed by atoms with Crippen molar-refractivity contribution in [1.29, 1.82) is 0 Å². The molecule has 0 aromatic rings. The van der Waals surface area contributed by atoms with E-state index in [9.17, 15) is 9.59 Å². The van der Waals surface area contributed by atoms with Crippen LogP contribution in [0.25, 0.3) is 0 Å². The summed E-state index contributed by atoms with van der Waals surface area (Å²) in [6.45, 7) is 1.37. The summed E-state index contributed by atoms with van der Waals surface area (Å²) in [5.74, 6) is -0.113. The molecule has 70 valence electrons. The standard InChI is InChI=1S/C6H10INO3S/c1-4(9)8-5(3-12-7)6(10)11-2/h5H,3H2,1-2H3,(H,8,9)/t5-/m0/s1. The lowest BCUT2D eigenvalue weighted by Crippen LogP contribution is -2.41. The van der Waals surface area contributed by atoms with Crippen LogP contribution in [-0.4, -0.2) is 30.8 Å². The Hall–Kier alpha value is 0.0200. The van der Waals surface area contributed by atoms with E-state index in [1.54, 1.807) is 0 Å². The highest BCUT2D eigenvalue weighted by molar-refractivity contribution is 14.2. The number of hydrogen-bond acceptors (Lipinski definition) is 4. The van der Waals surface area contributed by atoms with Crippen molar-refractivity contribution >= 4 is 42.0 Å². The molecule has 0 saturated carbocycles. The largest absolute Gasteiger partial charge is 0.467 e. The fourth-order valence-electron chi connectivity index (χ4n) is 0.619. The summed E-state index contributed by atoms with van der Waals surface area (Å²) in [5, 5.41) is 2.49. The van der Waals surface area contributed by atoms with Gasteiger partial charge in [-0.2, -0.15) is 0 Å². The van der Waals surface area contributed by atoms with E-state index in [0.717, 1.165) is 0 Å². The summed E-state index contributed by atoms with van der Waals surface area (Å²) < 4.78 is 4.50. The molecule has 0 aromatic heterocycles. The second-order valence-corrected chi connectivity index (χ2v) is 4.47. The topological polar surface area (TPSA) is 55.4 Å². The van der Waals surface area contributed by atoms with E-state index in [0.29, 0.717) is 5.75 Å². The quantitative estimate of drug-likeness (QED) is 0.615. The zero-order chi connectivity index (χ0) is 9.56. The number of carbonyl (C=O) groups excluding carboxylic acids is 2. The molecule has 0 aliphatic carbocycles. The molecule has 0 heterocycles. The van der Waals surface area contributed by atoms with Gasteiger partial charge in [0, 0.05) is 12.7 Å². The van der Waals surface area contributed by atoms with Gasteiger partial charge in [-0.25, -0.2) is 4.79 Å². The van der Waals surface area contributed by atoms with Gasteiger partial charge in [0.05, 0.1) is 7.11 Å². The first-order valence-electron chi connectivity index (χ1n) is 3.20. The molecule has 0 unspecified atom stereocenters. The van der Waals surface area contributed by atoms with Gasteiger partial charge in [-0.05, 0) is 21.2 Å². The van der Waals surface area contributed by atoms with E-state index < -0.39 is 12.0 Å². The lowest BCUT2D eigenvalue weighted by molar-refractivity contribution is -0.144. The van der Waals surface area contributed by atoms with Crippen LogP contribution in [0.4, 0.5) is 0 Å². The third kappa shape index (κ3) is 4.81. The molecule has 0 aliphatic rings. The number of nitrogens with one attached hydrogen (secondary N) is 1. The average Bonchev–Trinajstić information content (AvgIpc) is 2.01. The average molecular weight is 303 g/mol. The molecule has 0 radical (unpaired) electrons.